The number of ether oxygens (including phenoxy) is 1. The lowest BCUT2D eigenvalue weighted by Crippen LogP contribution is -2.54. The number of halogens is 1. The number of rotatable bonds is 2. The summed E-state index contributed by atoms with van der Waals surface area (Å²) < 4.78 is 4.84. The first kappa shape index (κ1) is 18.0. The van der Waals surface area contributed by atoms with Crippen LogP contribution in [0.15, 0.2) is 24.3 Å². The van der Waals surface area contributed by atoms with Gasteiger partial charge in [0, 0.05) is 11.4 Å². The molecule has 2 unspecified atom stereocenters. The molecular formula is C19H19ClN2O5. The molecule has 1 aromatic rings. The molecular weight excluding hydrogens is 372 g/mol. The average Bonchev–Trinajstić information content (AvgIpc) is 3.15. The number of benzene rings is 1. The van der Waals surface area contributed by atoms with Crippen LogP contribution < -0.4 is 0 Å². The fourth-order valence-corrected chi connectivity index (χ4v) is 4.80. The first-order valence-electron chi connectivity index (χ1n) is 8.95. The van der Waals surface area contributed by atoms with E-state index >= 15 is 0 Å². The zero-order valence-corrected chi connectivity index (χ0v) is 15.5. The van der Waals surface area contributed by atoms with Crippen molar-refractivity contribution in [3.63, 3.8) is 0 Å². The number of methoxy groups -OCH3 is 1. The summed E-state index contributed by atoms with van der Waals surface area (Å²) in [6, 6.07) is 4.59. The van der Waals surface area contributed by atoms with Gasteiger partial charge in [0.15, 0.2) is 0 Å². The van der Waals surface area contributed by atoms with Gasteiger partial charge in [-0.3, -0.25) is 19.3 Å². The normalized spacial score (nSPS) is 30.2. The highest BCUT2D eigenvalue weighted by Gasteiger charge is 2.51. The largest absolute Gasteiger partial charge is 0.467 e. The quantitative estimate of drug-likeness (QED) is 0.435. The van der Waals surface area contributed by atoms with E-state index < -0.39 is 35.8 Å². The fourth-order valence-electron chi connectivity index (χ4n) is 4.43. The molecule has 2 fully saturated rings. The Balaban J connectivity index is 1.71. The minimum Gasteiger partial charge on any atom is -0.467 e. The molecule has 142 valence electrons. The van der Waals surface area contributed by atoms with Crippen molar-refractivity contribution in [2.24, 2.45) is 0 Å². The molecule has 2 saturated heterocycles. The van der Waals surface area contributed by atoms with Crippen LogP contribution in [0.1, 0.15) is 46.4 Å². The molecule has 1 aromatic carbocycles. The van der Waals surface area contributed by atoms with Crippen LogP contribution in [0.5, 0.6) is 0 Å². The summed E-state index contributed by atoms with van der Waals surface area (Å²) in [7, 11) is 1.28. The number of amides is 3. The molecule has 27 heavy (non-hydrogen) atoms. The Bertz CT molecular complexity index is 806. The van der Waals surface area contributed by atoms with E-state index in [0.29, 0.717) is 19.3 Å². The number of alkyl halides is 1. The van der Waals surface area contributed by atoms with Crippen LogP contribution in [-0.4, -0.2) is 64.1 Å². The number of esters is 1. The molecule has 0 aliphatic carbocycles. The maximum Gasteiger partial charge on any atom is 0.328 e. The van der Waals surface area contributed by atoms with E-state index in [1.165, 1.54) is 12.0 Å². The highest BCUT2D eigenvalue weighted by molar-refractivity contribution is 6.24. The van der Waals surface area contributed by atoms with Gasteiger partial charge in [-0.25, -0.2) is 4.79 Å². The predicted octanol–water partition coefficient (Wildman–Crippen LogP) is 1.58. The van der Waals surface area contributed by atoms with Crippen molar-refractivity contribution >= 4 is 35.3 Å². The molecule has 4 rings (SSSR count). The Morgan fingerprint density at radius 2 is 1.70 bits per heavy atom. The Labute approximate surface area is 161 Å². The van der Waals surface area contributed by atoms with Crippen molar-refractivity contribution in [1.29, 1.82) is 0 Å². The summed E-state index contributed by atoms with van der Waals surface area (Å²) in [5.41, 5.74) is 0.571. The molecule has 3 aliphatic heterocycles. The van der Waals surface area contributed by atoms with Gasteiger partial charge < -0.3 is 9.64 Å². The fraction of sp³-hybridized carbons (Fsp3) is 0.474. The molecule has 3 aliphatic rings. The van der Waals surface area contributed by atoms with Gasteiger partial charge in [-0.2, -0.15) is 0 Å². The lowest BCUT2D eigenvalue weighted by atomic mass is 10.0. The number of nitrogens with zero attached hydrogens (tertiary/aromatic N) is 2. The van der Waals surface area contributed by atoms with Crippen LogP contribution in [0.2, 0.25) is 0 Å². The van der Waals surface area contributed by atoms with E-state index in [1.807, 2.05) is 0 Å². The van der Waals surface area contributed by atoms with Crippen LogP contribution in [0, 0.1) is 0 Å². The van der Waals surface area contributed by atoms with Crippen molar-refractivity contribution in [3.8, 4) is 0 Å². The third-order valence-corrected chi connectivity index (χ3v) is 6.02. The second-order valence-electron chi connectivity index (χ2n) is 7.13. The molecule has 0 radical (unpaired) electrons. The number of hydrogen-bond acceptors (Lipinski definition) is 5. The van der Waals surface area contributed by atoms with Gasteiger partial charge in [-0.1, -0.05) is 12.1 Å². The summed E-state index contributed by atoms with van der Waals surface area (Å²) in [6.07, 6.45) is 1.82. The number of hydrogen-bond donors (Lipinski definition) is 0. The third kappa shape index (κ3) is 2.72. The van der Waals surface area contributed by atoms with Gasteiger partial charge in [0.1, 0.15) is 12.1 Å². The SMILES string of the molecule is COC(=O)[C@@H]1CCC2CC(Cl)C[C@H](N3C(=O)c4ccccc4C3=O)C(=O)N21. The highest BCUT2D eigenvalue weighted by atomic mass is 35.5. The summed E-state index contributed by atoms with van der Waals surface area (Å²) in [5.74, 6) is -1.89. The minimum absolute atomic E-state index is 0.173. The van der Waals surface area contributed by atoms with E-state index in [2.05, 4.69) is 0 Å². The number of carbonyl (C=O) groups excluding carboxylic acids is 4. The number of fused-ring (bicyclic) bond motifs is 2. The second-order valence-corrected chi connectivity index (χ2v) is 7.74. The molecule has 3 heterocycles. The Morgan fingerprint density at radius 3 is 2.30 bits per heavy atom. The molecule has 0 N–H and O–H groups in total. The lowest BCUT2D eigenvalue weighted by molar-refractivity contribution is -0.153. The zero-order chi connectivity index (χ0) is 19.3. The Hall–Kier alpha value is -2.41. The molecule has 0 bridgehead atoms. The molecule has 0 spiro atoms. The van der Waals surface area contributed by atoms with Crippen molar-refractivity contribution in [1.82, 2.24) is 9.80 Å². The number of imide groups is 1. The second kappa shape index (κ2) is 6.64. The first-order valence-corrected chi connectivity index (χ1v) is 9.38. The van der Waals surface area contributed by atoms with E-state index in [-0.39, 0.29) is 29.0 Å². The van der Waals surface area contributed by atoms with Crippen LogP contribution in [-0.2, 0) is 14.3 Å². The van der Waals surface area contributed by atoms with Crippen molar-refractivity contribution in [3.05, 3.63) is 35.4 Å². The first-order chi connectivity index (χ1) is 12.9. The summed E-state index contributed by atoms with van der Waals surface area (Å²) in [6.45, 7) is 0. The van der Waals surface area contributed by atoms with Gasteiger partial charge in [0.05, 0.1) is 18.2 Å². The average molecular weight is 391 g/mol. The van der Waals surface area contributed by atoms with Crippen molar-refractivity contribution < 1.29 is 23.9 Å². The summed E-state index contributed by atoms with van der Waals surface area (Å²) >= 11 is 6.45. The van der Waals surface area contributed by atoms with Gasteiger partial charge >= 0.3 is 5.97 Å². The van der Waals surface area contributed by atoms with Crippen molar-refractivity contribution in [2.75, 3.05) is 7.11 Å². The van der Waals surface area contributed by atoms with Crippen LogP contribution in [0.25, 0.3) is 0 Å². The molecule has 7 nitrogen and oxygen atoms in total. The maximum atomic E-state index is 13.3. The zero-order valence-electron chi connectivity index (χ0n) is 14.8. The van der Waals surface area contributed by atoms with Gasteiger partial charge in [0.2, 0.25) is 5.91 Å². The maximum absolute atomic E-state index is 13.3. The van der Waals surface area contributed by atoms with Crippen LogP contribution >= 0.6 is 11.6 Å². The topological polar surface area (TPSA) is 84.0 Å². The lowest BCUT2D eigenvalue weighted by Gasteiger charge is -2.32. The molecule has 4 atom stereocenters. The van der Waals surface area contributed by atoms with Gasteiger partial charge in [0.25, 0.3) is 11.8 Å². The van der Waals surface area contributed by atoms with Gasteiger partial charge in [-0.05, 0) is 37.8 Å². The molecule has 0 aromatic heterocycles. The van der Waals surface area contributed by atoms with E-state index in [9.17, 15) is 19.2 Å². The Kier molecular flexibility index (Phi) is 4.42. The molecule has 8 heteroatoms. The van der Waals surface area contributed by atoms with Crippen molar-refractivity contribution in [2.45, 2.75) is 49.2 Å². The highest BCUT2D eigenvalue weighted by Crippen LogP contribution is 2.37. The van der Waals surface area contributed by atoms with Crippen LogP contribution in [0.3, 0.4) is 0 Å². The Morgan fingerprint density at radius 1 is 1.07 bits per heavy atom. The number of carbonyl (C=O) groups is 4. The summed E-state index contributed by atoms with van der Waals surface area (Å²) in [5, 5.41) is -0.380. The van der Waals surface area contributed by atoms with Crippen LogP contribution in [0.4, 0.5) is 0 Å². The third-order valence-electron chi connectivity index (χ3n) is 5.66. The smallest absolute Gasteiger partial charge is 0.328 e. The van der Waals surface area contributed by atoms with E-state index in [0.717, 1.165) is 4.90 Å². The molecule has 3 amide bonds. The minimum atomic E-state index is -1.02. The monoisotopic (exact) mass is 390 g/mol. The summed E-state index contributed by atoms with van der Waals surface area (Å²) in [4.78, 5) is 53.7. The predicted molar refractivity (Wildman–Crippen MR) is 95.3 cm³/mol. The van der Waals surface area contributed by atoms with E-state index in [1.54, 1.807) is 24.3 Å². The standard InChI is InChI=1S/C19H19ClN2O5/c1-27-19(26)14-7-6-11-8-10(20)9-15(18(25)21(11)14)22-16(23)12-4-2-3-5-13(12)17(22)24/h2-5,10-11,14-15H,6-9H2,1H3/t10?,11?,14-,15-/m0/s1. The van der Waals surface area contributed by atoms with E-state index in [4.69, 9.17) is 16.3 Å². The van der Waals surface area contributed by atoms with Gasteiger partial charge in [-0.15, -0.1) is 11.6 Å². The molecule has 0 saturated carbocycles.